The fraction of sp³-hybridized carbons (Fsp3) is 0.478. The first-order valence-corrected chi connectivity index (χ1v) is 10.9. The van der Waals surface area contributed by atoms with Gasteiger partial charge < -0.3 is 18.9 Å². The van der Waals surface area contributed by atoms with Gasteiger partial charge >= 0.3 is 11.1 Å². The molecule has 168 valence electrons. The minimum atomic E-state index is -0.624. The number of rotatable bonds is 5. The van der Waals surface area contributed by atoms with Crippen molar-refractivity contribution in [2.24, 2.45) is 18.9 Å². The minimum absolute atomic E-state index is 0.153. The van der Waals surface area contributed by atoms with Crippen LogP contribution in [0.15, 0.2) is 34.1 Å². The van der Waals surface area contributed by atoms with Crippen molar-refractivity contribution in [3.05, 3.63) is 50.8 Å². The van der Waals surface area contributed by atoms with E-state index in [9.17, 15) is 9.59 Å². The van der Waals surface area contributed by atoms with E-state index in [0.717, 1.165) is 24.5 Å². The smallest absolute Gasteiger partial charge is 0.318 e. The van der Waals surface area contributed by atoms with Crippen molar-refractivity contribution in [1.82, 2.24) is 19.1 Å². The Morgan fingerprint density at radius 3 is 2.47 bits per heavy atom. The molecule has 1 aliphatic carbocycles. The van der Waals surface area contributed by atoms with Crippen LogP contribution in [0.3, 0.4) is 0 Å². The molecule has 2 fully saturated rings. The summed E-state index contributed by atoms with van der Waals surface area (Å²) < 4.78 is 13.6. The van der Waals surface area contributed by atoms with Gasteiger partial charge in [0.1, 0.15) is 23.3 Å². The zero-order chi connectivity index (χ0) is 22.4. The van der Waals surface area contributed by atoms with Crippen LogP contribution >= 0.6 is 0 Å². The molecule has 32 heavy (non-hydrogen) atoms. The number of methoxy groups -OCH3 is 2. The summed E-state index contributed by atoms with van der Waals surface area (Å²) in [5, 5.41) is 0. The summed E-state index contributed by atoms with van der Waals surface area (Å²) in [6, 6.07) is 5.39. The maximum Gasteiger partial charge on any atom is 0.318 e. The van der Waals surface area contributed by atoms with Crippen molar-refractivity contribution < 1.29 is 9.47 Å². The molecule has 0 spiro atoms. The molecule has 2 aliphatic rings. The summed E-state index contributed by atoms with van der Waals surface area (Å²) in [6.45, 7) is 1.99. The maximum atomic E-state index is 13.0. The highest BCUT2D eigenvalue weighted by Crippen LogP contribution is 2.38. The molecular formula is C23H27N5O4. The van der Waals surface area contributed by atoms with E-state index in [1.807, 2.05) is 6.07 Å². The number of anilines is 1. The van der Waals surface area contributed by atoms with Crippen molar-refractivity contribution in [1.29, 1.82) is 0 Å². The fourth-order valence-corrected chi connectivity index (χ4v) is 5.23. The third kappa shape index (κ3) is 3.32. The highest BCUT2D eigenvalue weighted by molar-refractivity contribution is 5.83. The molecule has 1 aromatic carbocycles. The Kier molecular flexibility index (Phi) is 5.11. The Labute approximate surface area is 185 Å². The average molecular weight is 438 g/mol. The van der Waals surface area contributed by atoms with Gasteiger partial charge in [0, 0.05) is 31.8 Å². The van der Waals surface area contributed by atoms with Gasteiger partial charge in [0.25, 0.3) is 0 Å². The van der Waals surface area contributed by atoms with Crippen LogP contribution in [0.5, 0.6) is 11.5 Å². The van der Waals surface area contributed by atoms with Gasteiger partial charge in [-0.25, -0.2) is 9.97 Å². The molecule has 1 saturated carbocycles. The van der Waals surface area contributed by atoms with Crippen LogP contribution in [0.4, 0.5) is 5.82 Å². The van der Waals surface area contributed by atoms with Gasteiger partial charge in [0.2, 0.25) is 0 Å². The molecule has 2 unspecified atom stereocenters. The Morgan fingerprint density at radius 1 is 1.03 bits per heavy atom. The molecule has 0 amide bonds. The van der Waals surface area contributed by atoms with E-state index >= 15 is 0 Å². The second kappa shape index (κ2) is 7.96. The van der Waals surface area contributed by atoms with Gasteiger partial charge in [-0.15, -0.1) is 0 Å². The van der Waals surface area contributed by atoms with Gasteiger partial charge in [0.05, 0.1) is 20.8 Å². The Hall–Kier alpha value is -3.36. The van der Waals surface area contributed by atoms with Crippen molar-refractivity contribution in [2.45, 2.75) is 25.8 Å². The molecule has 2 atom stereocenters. The van der Waals surface area contributed by atoms with Crippen LogP contribution in [-0.4, -0.2) is 46.4 Å². The van der Waals surface area contributed by atoms with Crippen molar-refractivity contribution >= 4 is 17.0 Å². The quantitative estimate of drug-likeness (QED) is 0.562. The lowest BCUT2D eigenvalue weighted by atomic mass is 9.99. The number of hydrogen-bond acceptors (Lipinski definition) is 7. The lowest BCUT2D eigenvalue weighted by Gasteiger charge is -2.33. The molecule has 1 saturated heterocycles. The largest absolute Gasteiger partial charge is 0.497 e. The lowest BCUT2D eigenvalue weighted by molar-refractivity contribution is 0.390. The van der Waals surface area contributed by atoms with Crippen LogP contribution in [-0.2, 0) is 13.6 Å². The zero-order valence-electron chi connectivity index (χ0n) is 18.6. The van der Waals surface area contributed by atoms with E-state index < -0.39 is 11.1 Å². The fourth-order valence-electron chi connectivity index (χ4n) is 5.23. The molecule has 9 heteroatoms. The summed E-state index contributed by atoms with van der Waals surface area (Å²) in [4.78, 5) is 37.2. The molecule has 1 aliphatic heterocycles. The molecule has 0 radical (unpaired) electrons. The summed E-state index contributed by atoms with van der Waals surface area (Å²) in [7, 11) is 4.77. The number of aryl methyl sites for hydroxylation is 1. The average Bonchev–Trinajstić information content (AvgIpc) is 3.17. The number of ether oxygens (including phenoxy) is 2. The van der Waals surface area contributed by atoms with Crippen molar-refractivity contribution in [3.8, 4) is 11.5 Å². The highest BCUT2D eigenvalue weighted by Gasteiger charge is 2.34. The van der Waals surface area contributed by atoms with Gasteiger partial charge in [-0.05, 0) is 43.2 Å². The standard InChI is InChI=1S/C23H27N5O4/c1-26-19-20(27-10-14-4-5-15(8-14)11-27)24-13-25-21(19)28(23(30)22(26)29)12-16-6-7-17(31-2)9-18(16)32-3/h6-7,9,13-15H,4-5,8,10-12H2,1-3H3. The monoisotopic (exact) mass is 437 g/mol. The molecule has 3 heterocycles. The van der Waals surface area contributed by atoms with Crippen LogP contribution < -0.4 is 25.5 Å². The number of hydrogen-bond donors (Lipinski definition) is 0. The van der Waals surface area contributed by atoms with E-state index in [-0.39, 0.29) is 6.54 Å². The molecule has 2 aromatic heterocycles. The maximum absolute atomic E-state index is 13.0. The van der Waals surface area contributed by atoms with Crippen molar-refractivity contribution in [3.63, 3.8) is 0 Å². The van der Waals surface area contributed by atoms with E-state index in [1.165, 1.54) is 34.7 Å². The SMILES string of the molecule is COc1ccc(Cn2c(=O)c(=O)n(C)c3c(N4CC5CCC(C5)C4)ncnc32)c(OC)c1. The highest BCUT2D eigenvalue weighted by atomic mass is 16.5. The second-order valence-electron chi connectivity index (χ2n) is 8.75. The molecular weight excluding hydrogens is 410 g/mol. The molecule has 2 bridgehead atoms. The third-order valence-electron chi connectivity index (χ3n) is 6.84. The van der Waals surface area contributed by atoms with E-state index in [4.69, 9.17) is 9.47 Å². The summed E-state index contributed by atoms with van der Waals surface area (Å²) in [5.74, 6) is 3.26. The first-order chi connectivity index (χ1) is 15.5. The van der Waals surface area contributed by atoms with Crippen molar-refractivity contribution in [2.75, 3.05) is 32.2 Å². The number of nitrogens with zero attached hydrogens (tertiary/aromatic N) is 5. The minimum Gasteiger partial charge on any atom is -0.497 e. The predicted octanol–water partition coefficient (Wildman–Crippen LogP) is 1.79. The molecule has 9 nitrogen and oxygen atoms in total. The summed E-state index contributed by atoms with van der Waals surface area (Å²) in [6.07, 6.45) is 5.23. The Bertz CT molecular complexity index is 1290. The van der Waals surface area contributed by atoms with Gasteiger partial charge in [-0.2, -0.15) is 0 Å². The second-order valence-corrected chi connectivity index (χ2v) is 8.75. The van der Waals surface area contributed by atoms with Gasteiger partial charge in [-0.3, -0.25) is 14.2 Å². The number of benzene rings is 1. The molecule has 5 rings (SSSR count). The van der Waals surface area contributed by atoms with Crippen LogP contribution in [0, 0.1) is 11.8 Å². The zero-order valence-corrected chi connectivity index (χ0v) is 18.6. The first kappa shape index (κ1) is 20.5. The lowest BCUT2D eigenvalue weighted by Crippen LogP contribution is -2.43. The summed E-state index contributed by atoms with van der Waals surface area (Å²) >= 11 is 0. The topological polar surface area (TPSA) is 91.5 Å². The number of piperidine rings is 1. The molecule has 3 aromatic rings. The van der Waals surface area contributed by atoms with Crippen LogP contribution in [0.25, 0.3) is 11.2 Å². The Morgan fingerprint density at radius 2 is 1.78 bits per heavy atom. The van der Waals surface area contributed by atoms with Crippen LogP contribution in [0.2, 0.25) is 0 Å². The number of fused-ring (bicyclic) bond motifs is 3. The third-order valence-corrected chi connectivity index (χ3v) is 6.84. The summed E-state index contributed by atoms with van der Waals surface area (Å²) in [5.41, 5.74) is 0.562. The normalized spacial score (nSPS) is 20.0. The number of aromatic nitrogens is 4. The van der Waals surface area contributed by atoms with Gasteiger partial charge in [0.15, 0.2) is 11.5 Å². The first-order valence-electron chi connectivity index (χ1n) is 10.9. The van der Waals surface area contributed by atoms with E-state index in [1.54, 1.807) is 33.4 Å². The van der Waals surface area contributed by atoms with Gasteiger partial charge in [-0.1, -0.05) is 0 Å². The predicted molar refractivity (Wildman–Crippen MR) is 121 cm³/mol. The van der Waals surface area contributed by atoms with Crippen LogP contribution in [0.1, 0.15) is 24.8 Å². The van der Waals surface area contributed by atoms with E-state index in [2.05, 4.69) is 14.9 Å². The molecule has 0 N–H and O–H groups in total. The van der Waals surface area contributed by atoms with E-state index in [0.29, 0.717) is 34.5 Å². The Balaban J connectivity index is 1.66.